The van der Waals surface area contributed by atoms with Crippen molar-refractivity contribution >= 4 is 0 Å². The molecule has 0 aromatic carbocycles. The Morgan fingerprint density at radius 1 is 1.33 bits per heavy atom. The molecule has 0 saturated heterocycles. The fourth-order valence-electron chi connectivity index (χ4n) is 2.01. The molecule has 2 rings (SSSR count). The molecule has 0 amide bonds. The number of hydrogen-bond donors (Lipinski definition) is 1. The molecule has 0 unspecified atom stereocenters. The summed E-state index contributed by atoms with van der Waals surface area (Å²) in [5.74, 6) is 0. The first-order chi connectivity index (χ1) is 6.89. The number of nitrogens with one attached hydrogen (secondary N) is 1. The first-order valence-corrected chi connectivity index (χ1v) is 5.41. The number of H-pyrrole nitrogens is 1. The molecular formula is C11H19N3O. The van der Waals surface area contributed by atoms with Gasteiger partial charge in [-0.25, -0.2) is 4.68 Å². The van der Waals surface area contributed by atoms with Gasteiger partial charge in [0.15, 0.2) is 0 Å². The molecule has 4 heteroatoms. The molecule has 1 aliphatic heterocycles. The Hall–Kier alpha value is -1.03. The summed E-state index contributed by atoms with van der Waals surface area (Å²) in [6.45, 7) is 7.92. The number of likely N-dealkylation sites (N-methyl/N-ethyl adjacent to an activating group) is 1. The van der Waals surface area contributed by atoms with E-state index in [1.807, 2.05) is 20.8 Å². The number of nitrogens with zero attached hydrogens (tertiary/aromatic N) is 2. The average molecular weight is 209 g/mol. The third-order valence-corrected chi connectivity index (χ3v) is 2.91. The predicted molar refractivity (Wildman–Crippen MR) is 60.1 cm³/mol. The van der Waals surface area contributed by atoms with E-state index in [0.29, 0.717) is 0 Å². The molecule has 1 aliphatic rings. The molecule has 15 heavy (non-hydrogen) atoms. The molecule has 1 aromatic rings. The van der Waals surface area contributed by atoms with Crippen LogP contribution in [0.2, 0.25) is 0 Å². The van der Waals surface area contributed by atoms with Gasteiger partial charge in [-0.15, -0.1) is 0 Å². The van der Waals surface area contributed by atoms with Crippen LogP contribution in [0.3, 0.4) is 0 Å². The van der Waals surface area contributed by atoms with Gasteiger partial charge in [0, 0.05) is 25.2 Å². The second kappa shape index (κ2) is 3.23. The Bertz CT molecular complexity index is 422. The standard InChI is InChI=1S/C11H19N3O/c1-11(2,3)14-10(15)8-7-13(4)6-5-9(8)12-14/h12H,5-7H2,1-4H3. The molecular weight excluding hydrogens is 190 g/mol. The minimum atomic E-state index is -0.160. The zero-order valence-corrected chi connectivity index (χ0v) is 9.92. The molecule has 0 bridgehead atoms. The molecule has 1 aromatic heterocycles. The van der Waals surface area contributed by atoms with Crippen molar-refractivity contribution in [2.75, 3.05) is 13.6 Å². The summed E-state index contributed by atoms with van der Waals surface area (Å²) in [7, 11) is 2.05. The summed E-state index contributed by atoms with van der Waals surface area (Å²) in [5, 5.41) is 3.24. The van der Waals surface area contributed by atoms with Crippen molar-refractivity contribution < 1.29 is 0 Å². The van der Waals surface area contributed by atoms with Gasteiger partial charge in [0.25, 0.3) is 5.56 Å². The van der Waals surface area contributed by atoms with E-state index in [1.54, 1.807) is 4.68 Å². The molecule has 0 saturated carbocycles. The molecule has 2 heterocycles. The topological polar surface area (TPSA) is 41.0 Å². The van der Waals surface area contributed by atoms with Gasteiger partial charge in [0.05, 0.1) is 11.1 Å². The maximum absolute atomic E-state index is 12.1. The number of aromatic amines is 1. The first-order valence-electron chi connectivity index (χ1n) is 5.41. The van der Waals surface area contributed by atoms with Gasteiger partial charge in [-0.2, -0.15) is 0 Å². The van der Waals surface area contributed by atoms with Crippen LogP contribution in [0.5, 0.6) is 0 Å². The highest BCUT2D eigenvalue weighted by atomic mass is 16.1. The summed E-state index contributed by atoms with van der Waals surface area (Å²) in [4.78, 5) is 14.3. The van der Waals surface area contributed by atoms with E-state index in [-0.39, 0.29) is 11.1 Å². The molecule has 84 valence electrons. The lowest BCUT2D eigenvalue weighted by molar-refractivity contribution is 0.311. The summed E-state index contributed by atoms with van der Waals surface area (Å²) >= 11 is 0. The maximum atomic E-state index is 12.1. The normalized spacial score (nSPS) is 17.9. The van der Waals surface area contributed by atoms with Crippen molar-refractivity contribution in [3.05, 3.63) is 21.6 Å². The van der Waals surface area contributed by atoms with Crippen molar-refractivity contribution in [3.63, 3.8) is 0 Å². The zero-order valence-electron chi connectivity index (χ0n) is 9.92. The fourth-order valence-corrected chi connectivity index (χ4v) is 2.01. The second-order valence-electron chi connectivity index (χ2n) is 5.37. The highest BCUT2D eigenvalue weighted by Crippen LogP contribution is 2.16. The first kappa shape index (κ1) is 10.5. The third kappa shape index (κ3) is 1.74. The highest BCUT2D eigenvalue weighted by molar-refractivity contribution is 5.20. The van der Waals surface area contributed by atoms with E-state index < -0.39 is 0 Å². The van der Waals surface area contributed by atoms with Crippen molar-refractivity contribution in [2.45, 2.75) is 39.3 Å². The van der Waals surface area contributed by atoms with Crippen LogP contribution in [0.25, 0.3) is 0 Å². The molecule has 0 aliphatic carbocycles. The van der Waals surface area contributed by atoms with Gasteiger partial charge in [0.2, 0.25) is 0 Å². The summed E-state index contributed by atoms with van der Waals surface area (Å²) in [6, 6.07) is 0. The van der Waals surface area contributed by atoms with Crippen LogP contribution < -0.4 is 5.56 Å². The Morgan fingerprint density at radius 2 is 2.00 bits per heavy atom. The van der Waals surface area contributed by atoms with Gasteiger partial charge >= 0.3 is 0 Å². The molecule has 0 radical (unpaired) electrons. The van der Waals surface area contributed by atoms with Crippen LogP contribution in [0, 0.1) is 0 Å². The van der Waals surface area contributed by atoms with Crippen molar-refractivity contribution in [3.8, 4) is 0 Å². The number of fused-ring (bicyclic) bond motifs is 1. The van der Waals surface area contributed by atoms with E-state index in [1.165, 1.54) is 0 Å². The highest BCUT2D eigenvalue weighted by Gasteiger charge is 2.24. The number of aromatic nitrogens is 2. The van der Waals surface area contributed by atoms with Crippen LogP contribution in [-0.2, 0) is 18.5 Å². The Balaban J connectivity index is 2.51. The molecule has 0 atom stereocenters. The summed E-state index contributed by atoms with van der Waals surface area (Å²) in [6.07, 6.45) is 0.949. The lowest BCUT2D eigenvalue weighted by atomic mass is 10.1. The van der Waals surface area contributed by atoms with Crippen LogP contribution in [0.4, 0.5) is 0 Å². The minimum absolute atomic E-state index is 0.143. The van der Waals surface area contributed by atoms with Crippen LogP contribution in [0.1, 0.15) is 32.0 Å². The van der Waals surface area contributed by atoms with Crippen molar-refractivity contribution in [2.24, 2.45) is 0 Å². The molecule has 4 nitrogen and oxygen atoms in total. The van der Waals surface area contributed by atoms with E-state index in [4.69, 9.17) is 0 Å². The average Bonchev–Trinajstić information content (AvgIpc) is 2.43. The fraction of sp³-hybridized carbons (Fsp3) is 0.727. The van der Waals surface area contributed by atoms with Gasteiger partial charge in [-0.05, 0) is 27.8 Å². The lowest BCUT2D eigenvalue weighted by Gasteiger charge is -2.20. The van der Waals surface area contributed by atoms with Crippen LogP contribution >= 0.6 is 0 Å². The third-order valence-electron chi connectivity index (χ3n) is 2.91. The molecule has 1 N–H and O–H groups in total. The number of rotatable bonds is 0. The quantitative estimate of drug-likeness (QED) is 0.690. The van der Waals surface area contributed by atoms with Gasteiger partial charge in [-0.3, -0.25) is 9.89 Å². The molecule has 0 spiro atoms. The largest absolute Gasteiger partial charge is 0.301 e. The Kier molecular flexibility index (Phi) is 2.26. The number of hydrogen-bond acceptors (Lipinski definition) is 2. The van der Waals surface area contributed by atoms with Crippen LogP contribution in [0.15, 0.2) is 4.79 Å². The van der Waals surface area contributed by atoms with E-state index in [2.05, 4.69) is 17.0 Å². The predicted octanol–water partition coefficient (Wildman–Crippen LogP) is 0.919. The van der Waals surface area contributed by atoms with Crippen molar-refractivity contribution in [1.82, 2.24) is 14.7 Å². The summed E-state index contributed by atoms with van der Waals surface area (Å²) in [5.41, 5.74) is 2.04. The Labute approximate surface area is 89.9 Å². The van der Waals surface area contributed by atoms with E-state index >= 15 is 0 Å². The maximum Gasteiger partial charge on any atom is 0.271 e. The van der Waals surface area contributed by atoms with Gasteiger partial charge in [-0.1, -0.05) is 0 Å². The molecule has 0 fully saturated rings. The minimum Gasteiger partial charge on any atom is -0.301 e. The van der Waals surface area contributed by atoms with Crippen molar-refractivity contribution in [1.29, 1.82) is 0 Å². The van der Waals surface area contributed by atoms with Gasteiger partial charge in [0.1, 0.15) is 0 Å². The second-order valence-corrected chi connectivity index (χ2v) is 5.37. The zero-order chi connectivity index (χ0) is 11.2. The smallest absolute Gasteiger partial charge is 0.271 e. The summed E-state index contributed by atoms with van der Waals surface area (Å²) < 4.78 is 1.75. The monoisotopic (exact) mass is 209 g/mol. The lowest BCUT2D eigenvalue weighted by Crippen LogP contribution is -2.34. The van der Waals surface area contributed by atoms with Gasteiger partial charge < -0.3 is 4.90 Å². The van der Waals surface area contributed by atoms with E-state index in [9.17, 15) is 4.79 Å². The van der Waals surface area contributed by atoms with E-state index in [0.717, 1.165) is 30.8 Å². The van der Waals surface area contributed by atoms with Crippen LogP contribution in [-0.4, -0.2) is 28.3 Å². The Morgan fingerprint density at radius 3 is 2.60 bits per heavy atom. The SMILES string of the molecule is CN1CCc2[nH]n(C(C)(C)C)c(=O)c2C1.